The molecule has 1 fully saturated rings. The molecule has 0 aromatic heterocycles. The van der Waals surface area contributed by atoms with Crippen LogP contribution in [0.3, 0.4) is 0 Å². The predicted molar refractivity (Wildman–Crippen MR) is 93.9 cm³/mol. The van der Waals surface area contributed by atoms with E-state index in [1.165, 1.54) is 0 Å². The number of aryl methyl sites for hydroxylation is 1. The maximum atomic E-state index is 12.0. The molecule has 2 rings (SSSR count). The van der Waals surface area contributed by atoms with Gasteiger partial charge in [0.05, 0.1) is 6.10 Å². The highest BCUT2D eigenvalue weighted by Crippen LogP contribution is 2.18. The number of hydrogen-bond acceptors (Lipinski definition) is 4. The smallest absolute Gasteiger partial charge is 0.233 e. The number of β-amino-alcohol motifs (C(OH)–C–C–N with tert-alkyl or cyclic N) is 1. The predicted octanol–water partition coefficient (Wildman–Crippen LogP) is 1.20. The SMILES string of the molecule is Cc1cccc(NC(=O)CC(=O)NCCN2CCC[C@H](O)C2)c1C. The van der Waals surface area contributed by atoms with Crippen LogP contribution in [0.4, 0.5) is 5.69 Å². The number of piperidine rings is 1. The lowest BCUT2D eigenvalue weighted by Gasteiger charge is -2.29. The molecule has 0 radical (unpaired) electrons. The minimum atomic E-state index is -0.311. The number of aliphatic hydroxyl groups is 1. The third-order valence-corrected chi connectivity index (χ3v) is 4.43. The van der Waals surface area contributed by atoms with Gasteiger partial charge in [0, 0.05) is 25.3 Å². The van der Waals surface area contributed by atoms with Crippen LogP contribution in [-0.2, 0) is 9.59 Å². The number of carbonyl (C=O) groups excluding carboxylic acids is 2. The molecule has 1 aliphatic rings. The fourth-order valence-electron chi connectivity index (χ4n) is 2.88. The van der Waals surface area contributed by atoms with E-state index in [-0.39, 0.29) is 24.3 Å². The number of likely N-dealkylation sites (tertiary alicyclic amines) is 1. The first-order chi connectivity index (χ1) is 11.5. The summed E-state index contributed by atoms with van der Waals surface area (Å²) >= 11 is 0. The van der Waals surface area contributed by atoms with Crippen LogP contribution in [-0.4, -0.2) is 54.1 Å². The molecule has 0 spiro atoms. The van der Waals surface area contributed by atoms with E-state index in [0.29, 0.717) is 19.6 Å². The summed E-state index contributed by atoms with van der Waals surface area (Å²) < 4.78 is 0. The van der Waals surface area contributed by atoms with Gasteiger partial charge in [0.15, 0.2) is 0 Å². The van der Waals surface area contributed by atoms with Gasteiger partial charge in [0.2, 0.25) is 11.8 Å². The van der Waals surface area contributed by atoms with Crippen LogP contribution in [0.1, 0.15) is 30.4 Å². The van der Waals surface area contributed by atoms with Crippen LogP contribution >= 0.6 is 0 Å². The first kappa shape index (κ1) is 18.4. The fraction of sp³-hybridized carbons (Fsp3) is 0.556. The lowest BCUT2D eigenvalue weighted by Crippen LogP contribution is -2.42. The molecule has 24 heavy (non-hydrogen) atoms. The Morgan fingerprint density at radius 2 is 2.08 bits per heavy atom. The van der Waals surface area contributed by atoms with Crippen molar-refractivity contribution in [3.63, 3.8) is 0 Å². The lowest BCUT2D eigenvalue weighted by atomic mass is 10.1. The van der Waals surface area contributed by atoms with Gasteiger partial charge in [-0.2, -0.15) is 0 Å². The van der Waals surface area contributed by atoms with Crippen molar-refractivity contribution in [3.05, 3.63) is 29.3 Å². The quantitative estimate of drug-likeness (QED) is 0.684. The van der Waals surface area contributed by atoms with Gasteiger partial charge in [-0.15, -0.1) is 0 Å². The molecule has 1 saturated heterocycles. The topological polar surface area (TPSA) is 81.7 Å². The zero-order valence-corrected chi connectivity index (χ0v) is 14.5. The molecular formula is C18H27N3O3. The Balaban J connectivity index is 1.70. The number of hydrogen-bond donors (Lipinski definition) is 3. The number of nitrogens with one attached hydrogen (secondary N) is 2. The zero-order chi connectivity index (χ0) is 17.5. The summed E-state index contributed by atoms with van der Waals surface area (Å²) in [6, 6.07) is 5.69. The van der Waals surface area contributed by atoms with Crippen LogP contribution in [0.5, 0.6) is 0 Å². The molecule has 6 heteroatoms. The first-order valence-corrected chi connectivity index (χ1v) is 8.49. The molecule has 0 saturated carbocycles. The van der Waals surface area contributed by atoms with Crippen LogP contribution < -0.4 is 10.6 Å². The van der Waals surface area contributed by atoms with Crippen molar-refractivity contribution in [3.8, 4) is 0 Å². The van der Waals surface area contributed by atoms with Crippen LogP contribution in [0.25, 0.3) is 0 Å². The third-order valence-electron chi connectivity index (χ3n) is 4.43. The molecule has 1 aromatic rings. The maximum Gasteiger partial charge on any atom is 0.233 e. The molecule has 1 aliphatic heterocycles. The molecule has 0 unspecified atom stereocenters. The summed E-state index contributed by atoms with van der Waals surface area (Å²) in [6.45, 7) is 6.71. The summed E-state index contributed by atoms with van der Waals surface area (Å²) in [5, 5.41) is 15.2. The van der Waals surface area contributed by atoms with E-state index in [1.54, 1.807) is 0 Å². The minimum absolute atomic E-state index is 0.185. The Morgan fingerprint density at radius 1 is 1.29 bits per heavy atom. The molecule has 2 amide bonds. The molecule has 132 valence electrons. The second-order valence-corrected chi connectivity index (χ2v) is 6.42. The maximum absolute atomic E-state index is 12.0. The third kappa shape index (κ3) is 5.62. The first-order valence-electron chi connectivity index (χ1n) is 8.49. The Hall–Kier alpha value is -1.92. The number of anilines is 1. The van der Waals surface area contributed by atoms with E-state index in [9.17, 15) is 14.7 Å². The second-order valence-electron chi connectivity index (χ2n) is 6.42. The number of amides is 2. The Bertz CT molecular complexity index is 589. The number of nitrogens with zero attached hydrogens (tertiary/aromatic N) is 1. The van der Waals surface area contributed by atoms with Gasteiger partial charge < -0.3 is 15.7 Å². The summed E-state index contributed by atoms with van der Waals surface area (Å²) in [5.41, 5.74) is 2.85. The Labute approximate surface area is 143 Å². The van der Waals surface area contributed by atoms with Gasteiger partial charge >= 0.3 is 0 Å². The summed E-state index contributed by atoms with van der Waals surface area (Å²) in [4.78, 5) is 26.0. The highest BCUT2D eigenvalue weighted by Gasteiger charge is 2.17. The summed E-state index contributed by atoms with van der Waals surface area (Å²) in [6.07, 6.45) is 1.38. The minimum Gasteiger partial charge on any atom is -0.392 e. The van der Waals surface area contributed by atoms with Gasteiger partial charge in [-0.3, -0.25) is 14.5 Å². The molecular weight excluding hydrogens is 306 g/mol. The van der Waals surface area contributed by atoms with Crippen molar-refractivity contribution >= 4 is 17.5 Å². The molecule has 3 N–H and O–H groups in total. The van der Waals surface area contributed by atoms with E-state index < -0.39 is 0 Å². The number of carbonyl (C=O) groups is 2. The van der Waals surface area contributed by atoms with E-state index in [2.05, 4.69) is 15.5 Å². The van der Waals surface area contributed by atoms with E-state index in [0.717, 1.165) is 36.2 Å². The van der Waals surface area contributed by atoms with Gasteiger partial charge in [0.1, 0.15) is 6.42 Å². The lowest BCUT2D eigenvalue weighted by molar-refractivity contribution is -0.126. The highest BCUT2D eigenvalue weighted by molar-refractivity contribution is 6.03. The second kappa shape index (κ2) is 8.80. The number of aliphatic hydroxyl groups excluding tert-OH is 1. The molecule has 1 atom stereocenters. The monoisotopic (exact) mass is 333 g/mol. The van der Waals surface area contributed by atoms with Gasteiger partial charge in [0.25, 0.3) is 0 Å². The fourth-order valence-corrected chi connectivity index (χ4v) is 2.88. The van der Waals surface area contributed by atoms with Crippen molar-refractivity contribution in [2.24, 2.45) is 0 Å². The Kier molecular flexibility index (Phi) is 6.75. The molecule has 0 bridgehead atoms. The average Bonchev–Trinajstić information content (AvgIpc) is 2.52. The molecule has 6 nitrogen and oxygen atoms in total. The molecule has 1 heterocycles. The standard InChI is InChI=1S/C18H27N3O3/c1-13-5-3-7-16(14(13)2)20-18(24)11-17(23)19-8-10-21-9-4-6-15(22)12-21/h3,5,7,15,22H,4,6,8-12H2,1-2H3,(H,19,23)(H,20,24)/t15-/m0/s1. The van der Waals surface area contributed by atoms with Crippen molar-refractivity contribution < 1.29 is 14.7 Å². The van der Waals surface area contributed by atoms with Crippen molar-refractivity contribution in [1.29, 1.82) is 0 Å². The van der Waals surface area contributed by atoms with Crippen LogP contribution in [0.2, 0.25) is 0 Å². The highest BCUT2D eigenvalue weighted by atomic mass is 16.3. The average molecular weight is 333 g/mol. The van der Waals surface area contributed by atoms with E-state index in [4.69, 9.17) is 0 Å². The Morgan fingerprint density at radius 3 is 2.83 bits per heavy atom. The molecule has 1 aromatic carbocycles. The molecule has 0 aliphatic carbocycles. The van der Waals surface area contributed by atoms with Gasteiger partial charge in [-0.05, 0) is 50.4 Å². The van der Waals surface area contributed by atoms with Crippen LogP contribution in [0.15, 0.2) is 18.2 Å². The number of rotatable bonds is 6. The zero-order valence-electron chi connectivity index (χ0n) is 14.5. The van der Waals surface area contributed by atoms with Gasteiger partial charge in [-0.1, -0.05) is 12.1 Å². The van der Waals surface area contributed by atoms with Crippen molar-refractivity contribution in [2.45, 2.75) is 39.2 Å². The summed E-state index contributed by atoms with van der Waals surface area (Å²) in [7, 11) is 0. The van der Waals surface area contributed by atoms with E-state index in [1.807, 2.05) is 32.0 Å². The largest absolute Gasteiger partial charge is 0.392 e. The van der Waals surface area contributed by atoms with E-state index >= 15 is 0 Å². The van der Waals surface area contributed by atoms with Crippen LogP contribution in [0, 0.1) is 13.8 Å². The summed E-state index contributed by atoms with van der Waals surface area (Å²) in [5.74, 6) is -0.593. The normalized spacial score (nSPS) is 18.2. The number of benzene rings is 1. The van der Waals surface area contributed by atoms with Crippen molar-refractivity contribution in [2.75, 3.05) is 31.5 Å². The van der Waals surface area contributed by atoms with Crippen molar-refractivity contribution in [1.82, 2.24) is 10.2 Å². The van der Waals surface area contributed by atoms with Gasteiger partial charge in [-0.25, -0.2) is 0 Å².